The normalized spacial score (nSPS) is 24.3. The van der Waals surface area contributed by atoms with Crippen LogP contribution in [0, 0.1) is 5.92 Å². The summed E-state index contributed by atoms with van der Waals surface area (Å²) in [5, 5.41) is 3.62. The van der Waals surface area contributed by atoms with Gasteiger partial charge in [-0.1, -0.05) is 26.8 Å². The van der Waals surface area contributed by atoms with Gasteiger partial charge in [-0.2, -0.15) is 0 Å². The van der Waals surface area contributed by atoms with Gasteiger partial charge in [-0.3, -0.25) is 0 Å². The summed E-state index contributed by atoms with van der Waals surface area (Å²) in [6.45, 7) is 7.87. The highest BCUT2D eigenvalue weighted by atomic mass is 16.5. The maximum absolute atomic E-state index is 5.32. The van der Waals surface area contributed by atoms with Gasteiger partial charge in [0.05, 0.1) is 7.11 Å². The highest BCUT2D eigenvalue weighted by Crippen LogP contribution is 2.35. The molecule has 1 aromatic rings. The number of hydrogen-bond donors (Lipinski definition) is 1. The van der Waals surface area contributed by atoms with Crippen molar-refractivity contribution in [2.75, 3.05) is 13.7 Å². The Kier molecular flexibility index (Phi) is 3.20. The summed E-state index contributed by atoms with van der Waals surface area (Å²) in [7, 11) is 1.73. The second-order valence-electron chi connectivity index (χ2n) is 5.03. The fourth-order valence-corrected chi connectivity index (χ4v) is 2.52. The van der Waals surface area contributed by atoms with Crippen molar-refractivity contribution >= 4 is 0 Å². The van der Waals surface area contributed by atoms with Crippen LogP contribution < -0.4 is 10.1 Å². The Morgan fingerprint density at radius 2 is 2.06 bits per heavy atom. The predicted molar refractivity (Wildman–Crippen MR) is 67.0 cm³/mol. The smallest absolute Gasteiger partial charge is 0.119 e. The number of nitrogens with one attached hydrogen (secondary N) is 1. The Morgan fingerprint density at radius 3 is 2.69 bits per heavy atom. The first-order chi connectivity index (χ1) is 7.63. The van der Waals surface area contributed by atoms with E-state index in [1.165, 1.54) is 11.1 Å². The first-order valence-electron chi connectivity index (χ1n) is 6.04. The largest absolute Gasteiger partial charge is 0.497 e. The van der Waals surface area contributed by atoms with Crippen molar-refractivity contribution in [2.45, 2.75) is 32.7 Å². The lowest BCUT2D eigenvalue weighted by atomic mass is 9.83. The Labute approximate surface area is 98.0 Å². The number of hydrogen-bond acceptors (Lipinski definition) is 2. The fraction of sp³-hybridized carbons (Fsp3) is 0.571. The number of methoxy groups -OCH3 is 1. The summed E-state index contributed by atoms with van der Waals surface area (Å²) in [5.74, 6) is 2.16. The van der Waals surface area contributed by atoms with E-state index in [2.05, 4.69) is 44.3 Å². The summed E-state index contributed by atoms with van der Waals surface area (Å²) < 4.78 is 5.32. The molecule has 0 spiro atoms. The maximum Gasteiger partial charge on any atom is 0.119 e. The lowest BCUT2D eigenvalue weighted by molar-refractivity contribution is 0.370. The molecule has 0 saturated carbocycles. The van der Waals surface area contributed by atoms with Gasteiger partial charge in [-0.05, 0) is 35.1 Å². The third-order valence-electron chi connectivity index (χ3n) is 3.47. The Bertz CT molecular complexity index is 373. The van der Waals surface area contributed by atoms with Crippen LogP contribution in [0.25, 0.3) is 0 Å². The van der Waals surface area contributed by atoms with E-state index in [1.807, 2.05) is 0 Å². The molecule has 1 aromatic carbocycles. The van der Waals surface area contributed by atoms with Crippen LogP contribution in [0.2, 0.25) is 0 Å². The molecule has 0 radical (unpaired) electrons. The SMILES string of the molecule is COc1ccc2c(c1)C(C(C)C)NCC2C. The number of fused-ring (bicyclic) bond motifs is 1. The maximum atomic E-state index is 5.32. The predicted octanol–water partition coefficient (Wildman–Crippen LogP) is 3.10. The molecule has 0 aliphatic carbocycles. The quantitative estimate of drug-likeness (QED) is 0.825. The van der Waals surface area contributed by atoms with E-state index >= 15 is 0 Å². The summed E-state index contributed by atoms with van der Waals surface area (Å²) >= 11 is 0. The molecule has 1 aliphatic rings. The van der Waals surface area contributed by atoms with Crippen LogP contribution >= 0.6 is 0 Å². The first kappa shape index (κ1) is 11.5. The van der Waals surface area contributed by atoms with Crippen LogP contribution in [-0.2, 0) is 0 Å². The van der Waals surface area contributed by atoms with Crippen LogP contribution in [0.4, 0.5) is 0 Å². The molecule has 0 bridgehead atoms. The summed E-state index contributed by atoms with van der Waals surface area (Å²) in [4.78, 5) is 0. The van der Waals surface area contributed by atoms with Crippen molar-refractivity contribution in [2.24, 2.45) is 5.92 Å². The molecule has 2 nitrogen and oxygen atoms in total. The molecule has 2 unspecified atom stereocenters. The van der Waals surface area contributed by atoms with Crippen molar-refractivity contribution in [3.05, 3.63) is 29.3 Å². The molecular formula is C14H21NO. The van der Waals surface area contributed by atoms with Crippen LogP contribution in [0.5, 0.6) is 5.75 Å². The van der Waals surface area contributed by atoms with Crippen molar-refractivity contribution in [1.29, 1.82) is 0 Å². The van der Waals surface area contributed by atoms with Crippen LogP contribution in [0.1, 0.15) is 43.9 Å². The Morgan fingerprint density at radius 1 is 1.31 bits per heavy atom. The average molecular weight is 219 g/mol. The van der Waals surface area contributed by atoms with Crippen molar-refractivity contribution < 1.29 is 4.74 Å². The van der Waals surface area contributed by atoms with Crippen molar-refractivity contribution in [3.8, 4) is 5.75 Å². The molecule has 0 saturated heterocycles. The lowest BCUT2D eigenvalue weighted by Crippen LogP contribution is -2.34. The summed E-state index contributed by atoms with van der Waals surface area (Å²) in [5.41, 5.74) is 2.88. The van der Waals surface area contributed by atoms with Gasteiger partial charge in [-0.15, -0.1) is 0 Å². The first-order valence-corrected chi connectivity index (χ1v) is 6.04. The van der Waals surface area contributed by atoms with Gasteiger partial charge in [0.15, 0.2) is 0 Å². The average Bonchev–Trinajstić information content (AvgIpc) is 2.28. The van der Waals surface area contributed by atoms with Crippen molar-refractivity contribution in [1.82, 2.24) is 5.32 Å². The van der Waals surface area contributed by atoms with Gasteiger partial charge in [0.1, 0.15) is 5.75 Å². The number of rotatable bonds is 2. The monoisotopic (exact) mass is 219 g/mol. The molecule has 1 N–H and O–H groups in total. The third-order valence-corrected chi connectivity index (χ3v) is 3.47. The third kappa shape index (κ3) is 1.94. The van der Waals surface area contributed by atoms with Crippen molar-refractivity contribution in [3.63, 3.8) is 0 Å². The van der Waals surface area contributed by atoms with E-state index in [1.54, 1.807) is 7.11 Å². The highest BCUT2D eigenvalue weighted by Gasteiger charge is 2.26. The van der Waals surface area contributed by atoms with Crippen LogP contribution in [0.3, 0.4) is 0 Å². The minimum atomic E-state index is 0.460. The van der Waals surface area contributed by atoms with Gasteiger partial charge in [0.25, 0.3) is 0 Å². The molecule has 2 heteroatoms. The second kappa shape index (κ2) is 4.46. The molecule has 16 heavy (non-hydrogen) atoms. The van der Waals surface area contributed by atoms with Gasteiger partial charge >= 0.3 is 0 Å². The summed E-state index contributed by atoms with van der Waals surface area (Å²) in [6, 6.07) is 6.93. The molecule has 0 aromatic heterocycles. The molecule has 0 fully saturated rings. The van der Waals surface area contributed by atoms with Gasteiger partial charge in [0, 0.05) is 12.6 Å². The van der Waals surface area contributed by atoms with E-state index in [4.69, 9.17) is 4.74 Å². The van der Waals surface area contributed by atoms with Crippen LogP contribution in [0.15, 0.2) is 18.2 Å². The zero-order valence-corrected chi connectivity index (χ0v) is 10.6. The fourth-order valence-electron chi connectivity index (χ4n) is 2.52. The van der Waals surface area contributed by atoms with E-state index in [0.29, 0.717) is 17.9 Å². The molecule has 2 atom stereocenters. The minimum Gasteiger partial charge on any atom is -0.497 e. The Balaban J connectivity index is 2.45. The second-order valence-corrected chi connectivity index (χ2v) is 5.03. The zero-order chi connectivity index (χ0) is 11.7. The molecule has 2 rings (SSSR count). The standard InChI is InChI=1S/C14H21NO/c1-9(2)14-13-7-11(16-4)5-6-12(13)10(3)8-15-14/h5-7,9-10,14-15H,8H2,1-4H3. The van der Waals surface area contributed by atoms with Gasteiger partial charge in [0.2, 0.25) is 0 Å². The zero-order valence-electron chi connectivity index (χ0n) is 10.6. The highest BCUT2D eigenvalue weighted by molar-refractivity contribution is 5.41. The van der Waals surface area contributed by atoms with Crippen LogP contribution in [-0.4, -0.2) is 13.7 Å². The molecule has 0 amide bonds. The minimum absolute atomic E-state index is 0.460. The van der Waals surface area contributed by atoms with E-state index in [0.717, 1.165) is 12.3 Å². The number of benzene rings is 1. The molecule has 1 heterocycles. The van der Waals surface area contributed by atoms with Gasteiger partial charge < -0.3 is 10.1 Å². The topological polar surface area (TPSA) is 21.3 Å². The van der Waals surface area contributed by atoms with E-state index in [9.17, 15) is 0 Å². The van der Waals surface area contributed by atoms with E-state index < -0.39 is 0 Å². The lowest BCUT2D eigenvalue weighted by Gasteiger charge is -2.33. The molecule has 1 aliphatic heterocycles. The number of ether oxygens (including phenoxy) is 1. The van der Waals surface area contributed by atoms with E-state index in [-0.39, 0.29) is 0 Å². The summed E-state index contributed by atoms with van der Waals surface area (Å²) in [6.07, 6.45) is 0. The molecule has 88 valence electrons. The molecular weight excluding hydrogens is 198 g/mol. The Hall–Kier alpha value is -1.02. The van der Waals surface area contributed by atoms with Gasteiger partial charge in [-0.25, -0.2) is 0 Å².